The van der Waals surface area contributed by atoms with Crippen molar-refractivity contribution in [3.63, 3.8) is 0 Å². The van der Waals surface area contributed by atoms with Gasteiger partial charge in [-0.2, -0.15) is 4.73 Å². The minimum atomic E-state index is -3.27. The number of aromatic nitrogens is 1. The van der Waals surface area contributed by atoms with Crippen molar-refractivity contribution >= 4 is 9.84 Å². The van der Waals surface area contributed by atoms with Gasteiger partial charge in [-0.1, -0.05) is 0 Å². The zero-order valence-electron chi connectivity index (χ0n) is 15.8. The van der Waals surface area contributed by atoms with Crippen molar-refractivity contribution in [1.82, 2.24) is 0 Å². The third-order valence-corrected chi connectivity index (χ3v) is 4.99. The van der Waals surface area contributed by atoms with E-state index in [0.29, 0.717) is 28.5 Å². The maximum atomic E-state index is 12.1. The van der Waals surface area contributed by atoms with Crippen molar-refractivity contribution in [3.8, 4) is 28.5 Å². The molecule has 0 unspecified atom stereocenters. The monoisotopic (exact) mass is 399 g/mol. The van der Waals surface area contributed by atoms with Crippen LogP contribution in [0.15, 0.2) is 71.8 Å². The zero-order valence-corrected chi connectivity index (χ0v) is 16.6. The summed E-state index contributed by atoms with van der Waals surface area (Å²) in [7, 11) is -3.27. The second-order valence-electron chi connectivity index (χ2n) is 6.62. The Balaban J connectivity index is 1.98. The predicted octanol–water partition coefficient (Wildman–Crippen LogP) is 3.97. The van der Waals surface area contributed by atoms with Crippen LogP contribution < -0.4 is 14.2 Å². The summed E-state index contributed by atoms with van der Waals surface area (Å²) in [5, 5.41) is 12.1. The second kappa shape index (κ2) is 7.90. The first kappa shape index (κ1) is 19.7. The molecule has 0 N–H and O–H groups in total. The molecule has 0 saturated heterocycles. The van der Waals surface area contributed by atoms with Crippen LogP contribution in [-0.2, 0) is 9.84 Å². The van der Waals surface area contributed by atoms with E-state index >= 15 is 0 Å². The molecule has 0 aliphatic heterocycles. The van der Waals surface area contributed by atoms with Gasteiger partial charge in [0.25, 0.3) is 0 Å². The van der Waals surface area contributed by atoms with E-state index in [-0.39, 0.29) is 11.0 Å². The van der Waals surface area contributed by atoms with E-state index in [1.54, 1.807) is 48.5 Å². The molecule has 146 valence electrons. The largest absolute Gasteiger partial charge is 0.618 e. The Kier molecular flexibility index (Phi) is 5.56. The van der Waals surface area contributed by atoms with E-state index in [9.17, 15) is 13.6 Å². The molecule has 7 heteroatoms. The fourth-order valence-electron chi connectivity index (χ4n) is 2.66. The van der Waals surface area contributed by atoms with Crippen LogP contribution >= 0.6 is 0 Å². The first-order valence-corrected chi connectivity index (χ1v) is 10.6. The molecule has 6 nitrogen and oxygen atoms in total. The van der Waals surface area contributed by atoms with Crippen LogP contribution in [0.1, 0.15) is 13.8 Å². The van der Waals surface area contributed by atoms with Crippen LogP contribution in [0.5, 0.6) is 17.2 Å². The highest BCUT2D eigenvalue weighted by Gasteiger charge is 2.13. The van der Waals surface area contributed by atoms with Crippen molar-refractivity contribution in [3.05, 3.63) is 72.1 Å². The minimum absolute atomic E-state index is 0.0488. The lowest BCUT2D eigenvalue weighted by molar-refractivity contribution is -0.593. The SMILES string of the molecule is CC(C)Oc1cc(Oc2ccc(S(C)(=O)=O)cc2)cc(-c2cccc[n+]2[O-])c1. The normalized spacial score (nSPS) is 11.4. The molecule has 3 aromatic rings. The predicted molar refractivity (Wildman–Crippen MR) is 106 cm³/mol. The van der Waals surface area contributed by atoms with Crippen molar-refractivity contribution in [2.24, 2.45) is 0 Å². The maximum absolute atomic E-state index is 12.1. The number of nitrogens with zero attached hydrogens (tertiary/aromatic N) is 1. The van der Waals surface area contributed by atoms with Gasteiger partial charge < -0.3 is 14.7 Å². The van der Waals surface area contributed by atoms with Crippen LogP contribution in [0.3, 0.4) is 0 Å². The number of hydrogen-bond acceptors (Lipinski definition) is 5. The van der Waals surface area contributed by atoms with E-state index in [1.807, 2.05) is 13.8 Å². The highest BCUT2D eigenvalue weighted by atomic mass is 32.2. The first-order chi connectivity index (χ1) is 13.2. The summed E-state index contributed by atoms with van der Waals surface area (Å²) >= 11 is 0. The van der Waals surface area contributed by atoms with Gasteiger partial charge in [0.15, 0.2) is 16.0 Å². The van der Waals surface area contributed by atoms with Gasteiger partial charge in [-0.15, -0.1) is 0 Å². The Morgan fingerprint density at radius 3 is 2.21 bits per heavy atom. The van der Waals surface area contributed by atoms with E-state index in [2.05, 4.69) is 0 Å². The highest BCUT2D eigenvalue weighted by molar-refractivity contribution is 7.90. The lowest BCUT2D eigenvalue weighted by Crippen LogP contribution is -2.27. The fraction of sp³-hybridized carbons (Fsp3) is 0.190. The Morgan fingerprint density at radius 2 is 1.61 bits per heavy atom. The van der Waals surface area contributed by atoms with Crippen LogP contribution in [0, 0.1) is 5.21 Å². The summed E-state index contributed by atoms with van der Waals surface area (Å²) < 4.78 is 35.6. The second-order valence-corrected chi connectivity index (χ2v) is 8.63. The smallest absolute Gasteiger partial charge is 0.224 e. The summed E-state index contributed by atoms with van der Waals surface area (Å²) in [4.78, 5) is 0.217. The van der Waals surface area contributed by atoms with Gasteiger partial charge in [0.2, 0.25) is 5.69 Å². The lowest BCUT2D eigenvalue weighted by atomic mass is 10.1. The van der Waals surface area contributed by atoms with Crippen LogP contribution in [0.25, 0.3) is 11.3 Å². The quantitative estimate of drug-likeness (QED) is 0.463. The molecular weight excluding hydrogens is 378 g/mol. The average Bonchev–Trinajstić information content (AvgIpc) is 2.61. The molecule has 2 aromatic carbocycles. The van der Waals surface area contributed by atoms with E-state index in [4.69, 9.17) is 9.47 Å². The van der Waals surface area contributed by atoms with E-state index in [0.717, 1.165) is 11.0 Å². The maximum Gasteiger partial charge on any atom is 0.224 e. The van der Waals surface area contributed by atoms with Crippen molar-refractivity contribution in [1.29, 1.82) is 0 Å². The zero-order chi connectivity index (χ0) is 20.3. The topological polar surface area (TPSA) is 79.5 Å². The third kappa shape index (κ3) is 4.80. The molecule has 1 aromatic heterocycles. The van der Waals surface area contributed by atoms with Crippen LogP contribution in [-0.4, -0.2) is 20.8 Å². The molecule has 0 radical (unpaired) electrons. The van der Waals surface area contributed by atoms with Crippen molar-refractivity contribution < 1.29 is 22.6 Å². The summed E-state index contributed by atoms with van der Waals surface area (Å²) in [6.45, 7) is 3.82. The summed E-state index contributed by atoms with van der Waals surface area (Å²) in [5.41, 5.74) is 1.12. The Bertz CT molecular complexity index is 1080. The Labute approximate surface area is 164 Å². The van der Waals surface area contributed by atoms with E-state index < -0.39 is 9.84 Å². The molecule has 0 aliphatic carbocycles. The van der Waals surface area contributed by atoms with Gasteiger partial charge in [0, 0.05) is 24.5 Å². The van der Waals surface area contributed by atoms with Crippen molar-refractivity contribution in [2.75, 3.05) is 6.26 Å². The number of hydrogen-bond donors (Lipinski definition) is 0. The van der Waals surface area contributed by atoms with Gasteiger partial charge in [-0.05, 0) is 56.3 Å². The molecule has 0 saturated carbocycles. The van der Waals surface area contributed by atoms with E-state index in [1.165, 1.54) is 18.3 Å². The average molecular weight is 399 g/mol. The summed E-state index contributed by atoms with van der Waals surface area (Å²) in [6, 6.07) is 16.6. The Hall–Kier alpha value is -3.06. The molecule has 0 amide bonds. The van der Waals surface area contributed by atoms with Crippen LogP contribution in [0.4, 0.5) is 0 Å². The number of rotatable bonds is 6. The summed E-state index contributed by atoms with van der Waals surface area (Å²) in [5.74, 6) is 1.52. The van der Waals surface area contributed by atoms with Gasteiger partial charge in [-0.3, -0.25) is 0 Å². The molecule has 3 rings (SSSR count). The molecule has 1 heterocycles. The molecule has 0 spiro atoms. The highest BCUT2D eigenvalue weighted by Crippen LogP contribution is 2.32. The number of ether oxygens (including phenoxy) is 2. The number of pyridine rings is 1. The summed E-state index contributed by atoms with van der Waals surface area (Å²) in [6.07, 6.45) is 2.53. The van der Waals surface area contributed by atoms with Crippen LogP contribution in [0.2, 0.25) is 0 Å². The number of benzene rings is 2. The fourth-order valence-corrected chi connectivity index (χ4v) is 3.29. The third-order valence-electron chi connectivity index (χ3n) is 3.86. The standard InChI is InChI=1S/C21H21NO5S/c1-15(2)26-18-12-16(21-6-4-5-11-22(21)23)13-19(14-18)27-17-7-9-20(10-8-17)28(3,24)25/h4-15H,1-3H3. The minimum Gasteiger partial charge on any atom is -0.618 e. The molecule has 0 aliphatic rings. The first-order valence-electron chi connectivity index (χ1n) is 8.70. The van der Waals surface area contributed by atoms with Gasteiger partial charge >= 0.3 is 0 Å². The number of sulfone groups is 1. The molecule has 28 heavy (non-hydrogen) atoms. The van der Waals surface area contributed by atoms with Gasteiger partial charge in [0.05, 0.1) is 16.6 Å². The molecule has 0 atom stereocenters. The van der Waals surface area contributed by atoms with Crippen molar-refractivity contribution in [2.45, 2.75) is 24.8 Å². The Morgan fingerprint density at radius 1 is 0.929 bits per heavy atom. The van der Waals surface area contributed by atoms with Gasteiger partial charge in [0.1, 0.15) is 17.2 Å². The molecule has 0 bridgehead atoms. The molecule has 0 fully saturated rings. The molecular formula is C21H21NO5S. The van der Waals surface area contributed by atoms with Gasteiger partial charge in [-0.25, -0.2) is 8.42 Å². The lowest BCUT2D eigenvalue weighted by Gasteiger charge is -2.14.